The van der Waals surface area contributed by atoms with Crippen LogP contribution >= 0.6 is 22.7 Å². The smallest absolute Gasteiger partial charge is 0.358 e. The Morgan fingerprint density at radius 1 is 1.09 bits per heavy atom. The number of carbonyl (C=O) groups is 1. The maximum Gasteiger partial charge on any atom is 0.358 e. The maximum atomic E-state index is 14.8. The van der Waals surface area contributed by atoms with E-state index in [0.717, 1.165) is 62.1 Å². The minimum absolute atomic E-state index is 0.165. The summed E-state index contributed by atoms with van der Waals surface area (Å²) in [6.45, 7) is 13.8. The Hall–Kier alpha value is -4.46. The number of hydrogen-bond donors (Lipinski definition) is 0. The van der Waals surface area contributed by atoms with Crippen LogP contribution in [0.25, 0.3) is 10.2 Å². The second-order valence-electron chi connectivity index (χ2n) is 15.4. The molecule has 0 saturated carbocycles. The van der Waals surface area contributed by atoms with Crippen molar-refractivity contribution < 1.29 is 23.4 Å². The van der Waals surface area contributed by atoms with Crippen molar-refractivity contribution >= 4 is 63.7 Å². The SMILES string of the molecule is CCOC(=O)c1nc(N2CCCCc3c2nnc(N=c2sc4ccccc4n2COCC[Si](C)(C)C)c3C)sc1CCCOc1ccc(C#CCN(C)C)cc1F. The molecule has 0 fully saturated rings. The Morgan fingerprint density at radius 3 is 2.68 bits per heavy atom. The average molecular weight is 830 g/mol. The Balaban J connectivity index is 1.23. The number of rotatable bonds is 15. The fourth-order valence-electron chi connectivity index (χ4n) is 6.27. The number of aryl methyl sites for hydroxylation is 1. The number of ether oxygens (including phenoxy) is 3. The highest BCUT2D eigenvalue weighted by Gasteiger charge is 2.28. The van der Waals surface area contributed by atoms with Crippen LogP contribution < -0.4 is 14.4 Å². The lowest BCUT2D eigenvalue weighted by atomic mass is 10.1. The first-order valence-corrected chi connectivity index (χ1v) is 24.8. The van der Waals surface area contributed by atoms with Gasteiger partial charge in [-0.3, -0.25) is 9.47 Å². The van der Waals surface area contributed by atoms with Crippen molar-refractivity contribution in [3.63, 3.8) is 0 Å². The molecule has 0 atom stereocenters. The summed E-state index contributed by atoms with van der Waals surface area (Å²) in [6.07, 6.45) is 3.74. The zero-order chi connectivity index (χ0) is 40.5. The highest BCUT2D eigenvalue weighted by molar-refractivity contribution is 7.16. The lowest BCUT2D eigenvalue weighted by molar-refractivity contribution is 0.0519. The molecule has 6 rings (SSSR count). The zero-order valence-corrected chi connectivity index (χ0v) is 36.6. The van der Waals surface area contributed by atoms with Gasteiger partial charge in [0.1, 0.15) is 6.73 Å². The Labute approximate surface area is 343 Å². The fourth-order valence-corrected chi connectivity index (χ4v) is 9.16. The van der Waals surface area contributed by atoms with E-state index in [0.29, 0.717) is 55.8 Å². The largest absolute Gasteiger partial charge is 0.491 e. The molecule has 2 aromatic carbocycles. The molecule has 1 aliphatic heterocycles. The number of benzene rings is 2. The third kappa shape index (κ3) is 10.9. The van der Waals surface area contributed by atoms with Crippen molar-refractivity contribution in [2.24, 2.45) is 4.99 Å². The van der Waals surface area contributed by atoms with E-state index in [9.17, 15) is 9.18 Å². The number of nitrogens with zero attached hydrogens (tertiary/aromatic N) is 7. The van der Waals surface area contributed by atoms with Crippen LogP contribution in [0.1, 0.15) is 58.2 Å². The first-order valence-electron chi connectivity index (χ1n) is 19.5. The molecule has 0 saturated heterocycles. The van der Waals surface area contributed by atoms with E-state index >= 15 is 0 Å². The van der Waals surface area contributed by atoms with Crippen molar-refractivity contribution in [2.45, 2.75) is 78.4 Å². The van der Waals surface area contributed by atoms with Gasteiger partial charge in [0, 0.05) is 42.8 Å². The molecule has 0 unspecified atom stereocenters. The van der Waals surface area contributed by atoms with Gasteiger partial charge in [-0.1, -0.05) is 55.0 Å². The predicted molar refractivity (Wildman–Crippen MR) is 230 cm³/mol. The van der Waals surface area contributed by atoms with Crippen LogP contribution in [0.15, 0.2) is 47.5 Å². The first kappa shape index (κ1) is 42.2. The fraction of sp³-hybridized carbons (Fsp3) is 0.452. The van der Waals surface area contributed by atoms with Crippen molar-refractivity contribution in [2.75, 3.05) is 51.9 Å². The molecule has 0 spiro atoms. The molecule has 0 N–H and O–H groups in total. The molecule has 0 aliphatic carbocycles. The van der Waals surface area contributed by atoms with E-state index in [-0.39, 0.29) is 24.7 Å². The summed E-state index contributed by atoms with van der Waals surface area (Å²) < 4.78 is 35.5. The summed E-state index contributed by atoms with van der Waals surface area (Å²) in [7, 11) is 2.63. The topological polar surface area (TPSA) is 107 Å². The number of aromatic nitrogens is 4. The standard InChI is InChI=1S/C42H52FN7O4S2Si/c1-8-53-40(51)37-36(19-14-24-54-34-21-20-30(27-32(34)43)15-13-22-48(3)4)56-41(44-37)49-23-12-11-16-31-29(2)38(46-47-39(31)49)45-42-50(28-52-25-26-57(5,6)7)33-17-9-10-18-35(33)55-42/h9-10,17-18,20-21,27H,8,11-12,14,16,19,22-26,28H2,1-7H3. The summed E-state index contributed by atoms with van der Waals surface area (Å²) >= 11 is 3.06. The number of thiazole rings is 2. The maximum absolute atomic E-state index is 14.8. The van der Waals surface area contributed by atoms with E-state index in [1.54, 1.807) is 30.4 Å². The second kappa shape index (κ2) is 19.3. The Morgan fingerprint density at radius 2 is 1.91 bits per heavy atom. The third-order valence-corrected chi connectivity index (χ3v) is 13.3. The number of halogens is 1. The highest BCUT2D eigenvalue weighted by Crippen LogP contribution is 2.38. The van der Waals surface area contributed by atoms with Crippen molar-refractivity contribution in [1.82, 2.24) is 24.6 Å². The molecule has 15 heteroatoms. The predicted octanol–water partition coefficient (Wildman–Crippen LogP) is 8.52. The van der Waals surface area contributed by atoms with Gasteiger partial charge < -0.3 is 19.1 Å². The molecule has 0 bridgehead atoms. The summed E-state index contributed by atoms with van der Waals surface area (Å²) in [5.74, 6) is 6.53. The van der Waals surface area contributed by atoms with Gasteiger partial charge in [0.2, 0.25) is 0 Å². The van der Waals surface area contributed by atoms with Gasteiger partial charge in [-0.15, -0.1) is 21.5 Å². The van der Waals surface area contributed by atoms with Crippen LogP contribution in [0, 0.1) is 24.6 Å². The molecule has 0 radical (unpaired) electrons. The minimum atomic E-state index is -1.23. The van der Waals surface area contributed by atoms with Gasteiger partial charge in [-0.2, -0.15) is 4.99 Å². The summed E-state index contributed by atoms with van der Waals surface area (Å²) in [5.41, 5.74) is 3.99. The molecular formula is C42H52FN7O4S2Si. The number of para-hydroxylation sites is 1. The van der Waals surface area contributed by atoms with Gasteiger partial charge in [0.25, 0.3) is 0 Å². The molecule has 3 aromatic heterocycles. The number of fused-ring (bicyclic) bond motifs is 2. The Bertz CT molecular complexity index is 2320. The van der Waals surface area contributed by atoms with Crippen LogP contribution in [-0.2, 0) is 29.0 Å². The molecule has 11 nitrogen and oxygen atoms in total. The molecular weight excluding hydrogens is 778 g/mol. The molecule has 57 heavy (non-hydrogen) atoms. The molecule has 5 aromatic rings. The Kier molecular flexibility index (Phi) is 14.3. The van der Waals surface area contributed by atoms with E-state index in [1.807, 2.05) is 31.1 Å². The first-order chi connectivity index (χ1) is 27.4. The van der Waals surface area contributed by atoms with Crippen molar-refractivity contribution in [1.29, 1.82) is 0 Å². The highest BCUT2D eigenvalue weighted by atomic mass is 32.1. The van der Waals surface area contributed by atoms with Crippen molar-refractivity contribution in [3.05, 3.63) is 80.3 Å². The lowest BCUT2D eigenvalue weighted by Crippen LogP contribution is -2.23. The summed E-state index contributed by atoms with van der Waals surface area (Å²) in [6, 6.07) is 14.1. The van der Waals surface area contributed by atoms with Crippen LogP contribution in [0.3, 0.4) is 0 Å². The molecule has 0 amide bonds. The van der Waals surface area contributed by atoms with E-state index in [1.165, 1.54) is 17.4 Å². The van der Waals surface area contributed by atoms with Gasteiger partial charge in [-0.25, -0.2) is 14.2 Å². The molecule has 4 heterocycles. The number of carbonyl (C=O) groups excluding carboxylic acids is 1. The molecule has 1 aliphatic rings. The molecule has 302 valence electrons. The van der Waals surface area contributed by atoms with Crippen LogP contribution in [-0.4, -0.2) is 85.7 Å². The van der Waals surface area contributed by atoms with E-state index < -0.39 is 19.9 Å². The second-order valence-corrected chi connectivity index (χ2v) is 23.1. The minimum Gasteiger partial charge on any atom is -0.491 e. The summed E-state index contributed by atoms with van der Waals surface area (Å²) in [4.78, 5) is 28.7. The van der Waals surface area contributed by atoms with Gasteiger partial charge in [0.05, 0.1) is 30.0 Å². The van der Waals surface area contributed by atoms with Crippen molar-refractivity contribution in [3.8, 4) is 17.6 Å². The van der Waals surface area contributed by atoms with Crippen LogP contribution in [0.5, 0.6) is 5.75 Å². The zero-order valence-electron chi connectivity index (χ0n) is 34.0. The number of hydrogen-bond acceptors (Lipinski definition) is 12. The monoisotopic (exact) mass is 829 g/mol. The quantitative estimate of drug-likeness (QED) is 0.0445. The number of esters is 1. The van der Waals surface area contributed by atoms with Gasteiger partial charge in [-0.05, 0) is 96.4 Å². The normalized spacial score (nSPS) is 13.4. The van der Waals surface area contributed by atoms with Gasteiger partial charge >= 0.3 is 5.97 Å². The number of anilines is 2. The third-order valence-electron chi connectivity index (χ3n) is 9.37. The van der Waals surface area contributed by atoms with E-state index in [2.05, 4.69) is 60.0 Å². The van der Waals surface area contributed by atoms with Crippen LogP contribution in [0.2, 0.25) is 25.7 Å². The average Bonchev–Trinajstić information content (AvgIpc) is 3.67. The lowest BCUT2D eigenvalue weighted by Gasteiger charge is -2.21. The van der Waals surface area contributed by atoms with Crippen LogP contribution in [0.4, 0.5) is 21.2 Å². The summed E-state index contributed by atoms with van der Waals surface area (Å²) in [5, 5.41) is 10.1. The van der Waals surface area contributed by atoms with E-state index in [4.69, 9.17) is 34.4 Å². The van der Waals surface area contributed by atoms with Gasteiger partial charge in [0.15, 0.2) is 38.8 Å².